The summed E-state index contributed by atoms with van der Waals surface area (Å²) < 4.78 is 5.86. The van der Waals surface area contributed by atoms with Crippen molar-refractivity contribution in [3.8, 4) is 0 Å². The lowest BCUT2D eigenvalue weighted by Gasteiger charge is -2.38. The molecule has 1 aliphatic heterocycles. The van der Waals surface area contributed by atoms with E-state index in [1.165, 1.54) is 12.0 Å². The van der Waals surface area contributed by atoms with Gasteiger partial charge in [-0.05, 0) is 32.3 Å². The standard InChI is InChI=1S/C17H21NO/c1-16(2)13-19-15(18-16)17(10-6-11-17)12-9-14-7-4-3-5-8-14/h3-5,7-9,12H,6,10-11,13H2,1-2H3/b12-9+. The Hall–Kier alpha value is -1.57. The van der Waals surface area contributed by atoms with Crippen molar-refractivity contribution < 1.29 is 4.74 Å². The molecular weight excluding hydrogens is 234 g/mol. The first-order valence-corrected chi connectivity index (χ1v) is 7.07. The van der Waals surface area contributed by atoms with E-state index < -0.39 is 0 Å². The van der Waals surface area contributed by atoms with Crippen molar-refractivity contribution in [2.24, 2.45) is 10.4 Å². The zero-order chi connectivity index (χ0) is 13.3. The molecule has 1 aromatic carbocycles. The fourth-order valence-electron chi connectivity index (χ4n) is 2.67. The van der Waals surface area contributed by atoms with Crippen molar-refractivity contribution in [2.45, 2.75) is 38.6 Å². The molecule has 3 rings (SSSR count). The summed E-state index contributed by atoms with van der Waals surface area (Å²) in [6.45, 7) is 4.98. The Bertz CT molecular complexity index is 509. The molecule has 2 aliphatic rings. The van der Waals surface area contributed by atoms with E-state index in [1.807, 2.05) is 6.07 Å². The molecule has 0 bridgehead atoms. The number of aliphatic imine (C=N–C) groups is 1. The second kappa shape index (κ2) is 4.52. The van der Waals surface area contributed by atoms with Gasteiger partial charge >= 0.3 is 0 Å². The lowest BCUT2D eigenvalue weighted by molar-refractivity contribution is 0.210. The number of hydrogen-bond acceptors (Lipinski definition) is 2. The summed E-state index contributed by atoms with van der Waals surface area (Å²) in [5.41, 5.74) is 1.24. The monoisotopic (exact) mass is 255 g/mol. The van der Waals surface area contributed by atoms with E-state index >= 15 is 0 Å². The summed E-state index contributed by atoms with van der Waals surface area (Å²) in [5, 5.41) is 0. The highest BCUT2D eigenvalue weighted by molar-refractivity contribution is 5.88. The number of benzene rings is 1. The third-order valence-corrected chi connectivity index (χ3v) is 4.03. The maximum Gasteiger partial charge on any atom is 0.194 e. The van der Waals surface area contributed by atoms with Gasteiger partial charge in [0.05, 0.1) is 11.0 Å². The number of hydrogen-bond donors (Lipinski definition) is 0. The zero-order valence-corrected chi connectivity index (χ0v) is 11.7. The smallest absolute Gasteiger partial charge is 0.194 e. The summed E-state index contributed by atoms with van der Waals surface area (Å²) in [5.74, 6) is 0.955. The molecule has 0 unspecified atom stereocenters. The molecule has 19 heavy (non-hydrogen) atoms. The second-order valence-electron chi connectivity index (χ2n) is 6.27. The summed E-state index contributed by atoms with van der Waals surface area (Å²) in [6, 6.07) is 10.4. The Balaban J connectivity index is 1.83. The third-order valence-electron chi connectivity index (χ3n) is 4.03. The van der Waals surface area contributed by atoms with E-state index in [0.29, 0.717) is 6.61 Å². The normalized spacial score (nSPS) is 23.8. The predicted molar refractivity (Wildman–Crippen MR) is 79.2 cm³/mol. The average Bonchev–Trinajstić information content (AvgIpc) is 2.70. The van der Waals surface area contributed by atoms with Crippen LogP contribution in [0.25, 0.3) is 6.08 Å². The van der Waals surface area contributed by atoms with Crippen molar-refractivity contribution in [1.82, 2.24) is 0 Å². The van der Waals surface area contributed by atoms with Gasteiger partial charge in [-0.25, -0.2) is 4.99 Å². The van der Waals surface area contributed by atoms with Crippen LogP contribution < -0.4 is 0 Å². The minimum atomic E-state index is -0.0570. The first-order valence-electron chi connectivity index (χ1n) is 7.07. The Morgan fingerprint density at radius 2 is 1.89 bits per heavy atom. The molecule has 2 heteroatoms. The van der Waals surface area contributed by atoms with E-state index in [-0.39, 0.29) is 11.0 Å². The molecule has 0 saturated heterocycles. The van der Waals surface area contributed by atoms with Gasteiger partial charge in [0.2, 0.25) is 0 Å². The first kappa shape index (κ1) is 12.5. The molecule has 1 aromatic rings. The van der Waals surface area contributed by atoms with Gasteiger partial charge < -0.3 is 4.74 Å². The van der Waals surface area contributed by atoms with Gasteiger partial charge in [-0.3, -0.25) is 0 Å². The molecule has 2 nitrogen and oxygen atoms in total. The largest absolute Gasteiger partial charge is 0.478 e. The second-order valence-corrected chi connectivity index (χ2v) is 6.27. The topological polar surface area (TPSA) is 21.6 Å². The average molecular weight is 255 g/mol. The van der Waals surface area contributed by atoms with Crippen molar-refractivity contribution in [3.05, 3.63) is 42.0 Å². The van der Waals surface area contributed by atoms with Gasteiger partial charge in [0, 0.05) is 0 Å². The van der Waals surface area contributed by atoms with Gasteiger partial charge in [-0.1, -0.05) is 48.9 Å². The van der Waals surface area contributed by atoms with Crippen molar-refractivity contribution in [3.63, 3.8) is 0 Å². The van der Waals surface area contributed by atoms with E-state index in [9.17, 15) is 0 Å². The molecular formula is C17H21NO. The van der Waals surface area contributed by atoms with Crippen LogP contribution >= 0.6 is 0 Å². The van der Waals surface area contributed by atoms with Gasteiger partial charge in [-0.2, -0.15) is 0 Å². The fraction of sp³-hybridized carbons (Fsp3) is 0.471. The Morgan fingerprint density at radius 3 is 2.42 bits per heavy atom. The lowest BCUT2D eigenvalue weighted by Crippen LogP contribution is -2.36. The molecule has 1 heterocycles. The number of ether oxygens (including phenoxy) is 1. The van der Waals surface area contributed by atoms with Crippen LogP contribution in [0, 0.1) is 5.41 Å². The maximum atomic E-state index is 5.86. The minimum absolute atomic E-state index is 0.0570. The van der Waals surface area contributed by atoms with Crippen molar-refractivity contribution in [1.29, 1.82) is 0 Å². The van der Waals surface area contributed by atoms with Crippen LogP contribution in [0.5, 0.6) is 0 Å². The van der Waals surface area contributed by atoms with Gasteiger partial charge in [0.1, 0.15) is 6.61 Å². The highest BCUT2D eigenvalue weighted by atomic mass is 16.5. The molecule has 100 valence electrons. The van der Waals surface area contributed by atoms with Crippen LogP contribution in [-0.2, 0) is 4.74 Å². The highest BCUT2D eigenvalue weighted by Gasteiger charge is 2.45. The molecule has 0 radical (unpaired) electrons. The summed E-state index contributed by atoms with van der Waals surface area (Å²) in [7, 11) is 0. The van der Waals surface area contributed by atoms with Gasteiger partial charge in [-0.15, -0.1) is 0 Å². The SMILES string of the molecule is CC1(C)COC(C2(/C=C/c3ccccc3)CCC2)=N1. The minimum Gasteiger partial charge on any atom is -0.478 e. The number of rotatable bonds is 3. The van der Waals surface area contributed by atoms with E-state index in [2.05, 4.69) is 50.3 Å². The van der Waals surface area contributed by atoms with Crippen molar-refractivity contribution in [2.75, 3.05) is 6.61 Å². The van der Waals surface area contributed by atoms with E-state index in [1.54, 1.807) is 0 Å². The quantitative estimate of drug-likeness (QED) is 0.797. The van der Waals surface area contributed by atoms with E-state index in [4.69, 9.17) is 9.73 Å². The number of nitrogens with zero attached hydrogens (tertiary/aromatic N) is 1. The van der Waals surface area contributed by atoms with Crippen LogP contribution in [0.3, 0.4) is 0 Å². The summed E-state index contributed by atoms with van der Waals surface area (Å²) in [6.07, 6.45) is 8.08. The molecule has 0 spiro atoms. The van der Waals surface area contributed by atoms with Crippen LogP contribution in [0.2, 0.25) is 0 Å². The van der Waals surface area contributed by atoms with Crippen molar-refractivity contribution >= 4 is 12.0 Å². The molecule has 0 atom stereocenters. The third kappa shape index (κ3) is 2.44. The predicted octanol–water partition coefficient (Wildman–Crippen LogP) is 4.08. The summed E-state index contributed by atoms with van der Waals surface area (Å²) in [4.78, 5) is 4.77. The van der Waals surface area contributed by atoms with Crippen LogP contribution in [0.4, 0.5) is 0 Å². The van der Waals surface area contributed by atoms with Gasteiger partial charge in [0.15, 0.2) is 5.90 Å². The molecule has 1 fully saturated rings. The molecule has 0 N–H and O–H groups in total. The van der Waals surface area contributed by atoms with Crippen LogP contribution in [0.1, 0.15) is 38.7 Å². The summed E-state index contributed by atoms with van der Waals surface area (Å²) >= 11 is 0. The van der Waals surface area contributed by atoms with Crippen LogP contribution in [-0.4, -0.2) is 18.0 Å². The van der Waals surface area contributed by atoms with Gasteiger partial charge in [0.25, 0.3) is 0 Å². The highest BCUT2D eigenvalue weighted by Crippen LogP contribution is 2.46. The van der Waals surface area contributed by atoms with E-state index in [0.717, 1.165) is 18.7 Å². The Kier molecular flexibility index (Phi) is 2.96. The lowest BCUT2D eigenvalue weighted by atomic mass is 9.68. The molecule has 1 saturated carbocycles. The van der Waals surface area contributed by atoms with Crippen LogP contribution in [0.15, 0.2) is 41.4 Å². The first-order chi connectivity index (χ1) is 9.10. The molecule has 0 aromatic heterocycles. The Labute approximate surface area is 115 Å². The zero-order valence-electron chi connectivity index (χ0n) is 11.7. The molecule has 0 amide bonds. The Morgan fingerprint density at radius 1 is 1.16 bits per heavy atom. The maximum absolute atomic E-state index is 5.86. The fourth-order valence-corrected chi connectivity index (χ4v) is 2.67. The molecule has 1 aliphatic carbocycles.